The number of nitrogens with zero attached hydrogens (tertiary/aromatic N) is 1. The molecule has 0 unspecified atom stereocenters. The molecule has 3 N–H and O–H groups in total. The molecule has 0 bridgehead atoms. The number of hydrogen-bond acceptors (Lipinski definition) is 4. The molecular weight excluding hydrogens is 330 g/mol. The van der Waals surface area contributed by atoms with Crippen molar-refractivity contribution in [1.82, 2.24) is 4.98 Å². The number of nitrogens with one attached hydrogen (secondary N) is 1. The third-order valence-electron chi connectivity index (χ3n) is 3.24. The summed E-state index contributed by atoms with van der Waals surface area (Å²) in [5, 5.41) is 2.29. The number of hydrazine groups is 1. The molecule has 0 saturated carbocycles. The van der Waals surface area contributed by atoms with E-state index in [0.717, 1.165) is 21.2 Å². The Kier molecular flexibility index (Phi) is 4.03. The monoisotopic (exact) mass is 343 g/mol. The number of benzene rings is 2. The normalized spacial score (nSPS) is 10.6. The summed E-state index contributed by atoms with van der Waals surface area (Å²) in [4.78, 5) is 4.15. The van der Waals surface area contributed by atoms with Crippen LogP contribution in [0, 0.1) is 0 Å². The highest BCUT2D eigenvalue weighted by Gasteiger charge is 2.08. The van der Waals surface area contributed by atoms with Crippen molar-refractivity contribution in [3.8, 4) is 5.75 Å². The molecule has 0 saturated heterocycles. The summed E-state index contributed by atoms with van der Waals surface area (Å²) in [6, 6.07) is 15.9. The Morgan fingerprint density at radius 1 is 1.10 bits per heavy atom. The first kappa shape index (κ1) is 13.9. The van der Waals surface area contributed by atoms with E-state index in [1.807, 2.05) is 36.4 Å². The highest BCUT2D eigenvalue weighted by Crippen LogP contribution is 2.33. The minimum absolute atomic E-state index is 0.393. The van der Waals surface area contributed by atoms with E-state index >= 15 is 0 Å². The fourth-order valence-electron chi connectivity index (χ4n) is 2.17. The van der Waals surface area contributed by atoms with Crippen LogP contribution < -0.4 is 16.0 Å². The number of anilines is 1. The zero-order chi connectivity index (χ0) is 14.7. The van der Waals surface area contributed by atoms with Crippen molar-refractivity contribution in [2.75, 3.05) is 5.43 Å². The van der Waals surface area contributed by atoms with Gasteiger partial charge in [-0.2, -0.15) is 0 Å². The van der Waals surface area contributed by atoms with Crippen LogP contribution in [-0.4, -0.2) is 4.98 Å². The molecule has 5 heteroatoms. The van der Waals surface area contributed by atoms with Gasteiger partial charge in [-0.3, -0.25) is 0 Å². The third kappa shape index (κ3) is 2.84. The Labute approximate surface area is 131 Å². The van der Waals surface area contributed by atoms with Crippen molar-refractivity contribution >= 4 is 32.5 Å². The second kappa shape index (κ2) is 6.11. The van der Waals surface area contributed by atoms with Gasteiger partial charge >= 0.3 is 0 Å². The van der Waals surface area contributed by atoms with Crippen molar-refractivity contribution in [2.45, 2.75) is 6.61 Å². The fraction of sp³-hybridized carbons (Fsp3) is 0.0625. The van der Waals surface area contributed by atoms with Crippen molar-refractivity contribution in [3.05, 3.63) is 64.8 Å². The first-order valence-electron chi connectivity index (χ1n) is 6.50. The zero-order valence-corrected chi connectivity index (χ0v) is 12.8. The van der Waals surface area contributed by atoms with Crippen LogP contribution in [0.1, 0.15) is 5.56 Å². The van der Waals surface area contributed by atoms with Gasteiger partial charge in [0.25, 0.3) is 0 Å². The molecule has 0 spiro atoms. The topological polar surface area (TPSA) is 60.2 Å². The molecule has 0 aliphatic heterocycles. The van der Waals surface area contributed by atoms with Gasteiger partial charge in [-0.25, -0.2) is 10.8 Å². The number of rotatable bonds is 4. The Bertz CT molecular complexity index is 776. The number of nitrogens with two attached hydrogens (primary N) is 1. The maximum Gasteiger partial charge on any atom is 0.146 e. The largest absolute Gasteiger partial charge is 0.488 e. The molecule has 2 aromatic carbocycles. The highest BCUT2D eigenvalue weighted by molar-refractivity contribution is 9.10. The predicted molar refractivity (Wildman–Crippen MR) is 88.0 cm³/mol. The third-order valence-corrected chi connectivity index (χ3v) is 4.06. The van der Waals surface area contributed by atoms with Gasteiger partial charge in [-0.05, 0) is 38.8 Å². The lowest BCUT2D eigenvalue weighted by Crippen LogP contribution is -2.12. The van der Waals surface area contributed by atoms with E-state index < -0.39 is 0 Å². The first-order valence-corrected chi connectivity index (χ1v) is 7.29. The maximum atomic E-state index is 5.89. The Hall–Kier alpha value is -2.11. The molecule has 0 fully saturated rings. The molecule has 0 aliphatic rings. The van der Waals surface area contributed by atoms with Crippen LogP contribution in [0.4, 0.5) is 5.82 Å². The molecule has 21 heavy (non-hydrogen) atoms. The fourth-order valence-corrected chi connectivity index (χ4v) is 2.77. The quantitative estimate of drug-likeness (QED) is 0.557. The van der Waals surface area contributed by atoms with Crippen molar-refractivity contribution < 1.29 is 4.74 Å². The molecule has 0 radical (unpaired) electrons. The summed E-state index contributed by atoms with van der Waals surface area (Å²) in [5.74, 6) is 6.86. The van der Waals surface area contributed by atoms with Gasteiger partial charge in [0.05, 0.1) is 4.47 Å². The van der Waals surface area contributed by atoms with Crippen LogP contribution in [-0.2, 0) is 6.61 Å². The summed E-state index contributed by atoms with van der Waals surface area (Å²) in [6.45, 7) is 0.393. The van der Waals surface area contributed by atoms with Crippen molar-refractivity contribution in [1.29, 1.82) is 0 Å². The minimum atomic E-state index is 0.393. The Balaban J connectivity index is 1.87. The minimum Gasteiger partial charge on any atom is -0.488 e. The lowest BCUT2D eigenvalue weighted by atomic mass is 10.1. The van der Waals surface area contributed by atoms with E-state index in [-0.39, 0.29) is 0 Å². The standard InChI is InChI=1S/C16H14BrN3O/c17-15-13-6-2-1-4-11(13)7-8-14(15)21-10-12-5-3-9-19-16(12)20-18/h1-9H,10,18H2,(H,19,20). The highest BCUT2D eigenvalue weighted by atomic mass is 79.9. The molecule has 0 atom stereocenters. The number of aromatic nitrogens is 1. The SMILES string of the molecule is NNc1ncccc1COc1ccc2ccccc2c1Br. The lowest BCUT2D eigenvalue weighted by molar-refractivity contribution is 0.305. The summed E-state index contributed by atoms with van der Waals surface area (Å²) < 4.78 is 6.84. The summed E-state index contributed by atoms with van der Waals surface area (Å²) >= 11 is 3.61. The molecule has 1 aromatic heterocycles. The van der Waals surface area contributed by atoms with Crippen LogP contribution >= 0.6 is 15.9 Å². The number of halogens is 1. The maximum absolute atomic E-state index is 5.89. The second-order valence-corrected chi connectivity index (χ2v) is 5.34. The molecule has 106 valence electrons. The van der Waals surface area contributed by atoms with Gasteiger partial charge in [0.1, 0.15) is 18.2 Å². The van der Waals surface area contributed by atoms with Gasteiger partial charge in [0.2, 0.25) is 0 Å². The van der Waals surface area contributed by atoms with E-state index in [1.54, 1.807) is 6.20 Å². The first-order chi connectivity index (χ1) is 10.3. The number of ether oxygens (including phenoxy) is 1. The van der Waals surface area contributed by atoms with Gasteiger partial charge < -0.3 is 10.2 Å². The van der Waals surface area contributed by atoms with E-state index in [2.05, 4.69) is 38.5 Å². The molecule has 4 nitrogen and oxygen atoms in total. The molecular formula is C16H14BrN3O. The summed E-state index contributed by atoms with van der Waals surface area (Å²) in [5.41, 5.74) is 3.48. The van der Waals surface area contributed by atoms with Gasteiger partial charge in [0.15, 0.2) is 0 Å². The zero-order valence-electron chi connectivity index (χ0n) is 11.2. The summed E-state index contributed by atoms with van der Waals surface area (Å²) in [6.07, 6.45) is 1.69. The van der Waals surface area contributed by atoms with Crippen molar-refractivity contribution in [2.24, 2.45) is 5.84 Å². The molecule has 1 heterocycles. The number of pyridine rings is 1. The van der Waals surface area contributed by atoms with Crippen LogP contribution in [0.3, 0.4) is 0 Å². The number of nitrogen functional groups attached to an aromatic ring is 1. The Morgan fingerprint density at radius 2 is 1.95 bits per heavy atom. The second-order valence-electron chi connectivity index (χ2n) is 4.54. The predicted octanol–water partition coefficient (Wildman–Crippen LogP) is 3.86. The van der Waals surface area contributed by atoms with E-state index in [1.165, 1.54) is 5.39 Å². The van der Waals surface area contributed by atoms with Crippen LogP contribution in [0.5, 0.6) is 5.75 Å². The van der Waals surface area contributed by atoms with Crippen LogP contribution in [0.2, 0.25) is 0 Å². The Morgan fingerprint density at radius 3 is 2.81 bits per heavy atom. The lowest BCUT2D eigenvalue weighted by Gasteiger charge is -2.12. The van der Waals surface area contributed by atoms with Crippen LogP contribution in [0.25, 0.3) is 10.8 Å². The molecule has 3 aromatic rings. The molecule has 0 amide bonds. The smallest absolute Gasteiger partial charge is 0.146 e. The van der Waals surface area contributed by atoms with Gasteiger partial charge in [0, 0.05) is 11.8 Å². The van der Waals surface area contributed by atoms with E-state index in [0.29, 0.717) is 12.4 Å². The average Bonchev–Trinajstić information content (AvgIpc) is 2.55. The number of hydrogen-bond donors (Lipinski definition) is 2. The van der Waals surface area contributed by atoms with E-state index in [4.69, 9.17) is 10.6 Å². The van der Waals surface area contributed by atoms with Crippen LogP contribution in [0.15, 0.2) is 59.2 Å². The average molecular weight is 344 g/mol. The molecule has 3 rings (SSSR count). The van der Waals surface area contributed by atoms with Gasteiger partial charge in [-0.15, -0.1) is 0 Å². The van der Waals surface area contributed by atoms with Crippen molar-refractivity contribution in [3.63, 3.8) is 0 Å². The summed E-state index contributed by atoms with van der Waals surface area (Å²) in [7, 11) is 0. The number of fused-ring (bicyclic) bond motifs is 1. The van der Waals surface area contributed by atoms with Gasteiger partial charge in [-0.1, -0.05) is 36.4 Å². The molecule has 0 aliphatic carbocycles. The van der Waals surface area contributed by atoms with E-state index in [9.17, 15) is 0 Å².